The van der Waals surface area contributed by atoms with E-state index in [1.165, 1.54) is 5.56 Å². The first-order valence-electron chi connectivity index (χ1n) is 10.7. The molecule has 2 aliphatic heterocycles. The number of ether oxygens (including phenoxy) is 1. The number of amides is 1. The monoisotopic (exact) mass is 392 g/mol. The first-order valence-corrected chi connectivity index (χ1v) is 10.7. The van der Waals surface area contributed by atoms with Gasteiger partial charge in [-0.15, -0.1) is 0 Å². The van der Waals surface area contributed by atoms with E-state index < -0.39 is 0 Å². The zero-order valence-electron chi connectivity index (χ0n) is 16.8. The van der Waals surface area contributed by atoms with Crippen LogP contribution in [0.25, 0.3) is 11.1 Å². The summed E-state index contributed by atoms with van der Waals surface area (Å²) in [6.45, 7) is 0.870. The molecule has 3 aliphatic rings. The summed E-state index contributed by atoms with van der Waals surface area (Å²) in [4.78, 5) is 15.3. The lowest BCUT2D eigenvalue weighted by Gasteiger charge is -2.41. The largest absolute Gasteiger partial charge is 0.497 e. The minimum Gasteiger partial charge on any atom is -0.497 e. The first kappa shape index (κ1) is 18.5. The van der Waals surface area contributed by atoms with E-state index in [1.807, 2.05) is 18.2 Å². The fourth-order valence-corrected chi connectivity index (χ4v) is 5.18. The number of anilines is 1. The maximum atomic E-state index is 13.2. The molecule has 1 aliphatic carbocycles. The summed E-state index contributed by atoms with van der Waals surface area (Å²) in [5, 5.41) is 13.5. The number of nitrogens with zero attached hydrogens (tertiary/aromatic N) is 1. The van der Waals surface area contributed by atoms with Crippen LogP contribution < -0.4 is 10.1 Å². The van der Waals surface area contributed by atoms with Crippen molar-refractivity contribution >= 4 is 11.6 Å². The Kier molecular flexibility index (Phi) is 4.70. The van der Waals surface area contributed by atoms with E-state index in [2.05, 4.69) is 34.5 Å². The minimum atomic E-state index is -0.00522. The zero-order valence-corrected chi connectivity index (χ0v) is 16.8. The van der Waals surface area contributed by atoms with Crippen LogP contribution in [0.2, 0.25) is 0 Å². The van der Waals surface area contributed by atoms with Gasteiger partial charge in [0.25, 0.3) is 0 Å². The van der Waals surface area contributed by atoms with Gasteiger partial charge in [0, 0.05) is 24.1 Å². The Balaban J connectivity index is 1.55. The van der Waals surface area contributed by atoms with Crippen molar-refractivity contribution in [1.82, 2.24) is 4.90 Å². The molecule has 0 spiro atoms. The SMILES string of the molecule is COc1cccc(-c2ccc3c(c2)[C@H]2[C@H](CCN2C(=O)C2CCC2)[C@H](CO)N3)c1. The molecule has 1 saturated carbocycles. The summed E-state index contributed by atoms with van der Waals surface area (Å²) in [6, 6.07) is 14.5. The molecule has 5 rings (SSSR count). The molecular weight excluding hydrogens is 364 g/mol. The molecule has 29 heavy (non-hydrogen) atoms. The quantitative estimate of drug-likeness (QED) is 0.830. The highest BCUT2D eigenvalue weighted by Crippen LogP contribution is 2.48. The van der Waals surface area contributed by atoms with Crippen LogP contribution in [-0.4, -0.2) is 42.2 Å². The number of likely N-dealkylation sites (tertiary alicyclic amines) is 1. The smallest absolute Gasteiger partial charge is 0.226 e. The standard InChI is InChI=1S/C24H28N2O3/c1-29-18-7-3-6-16(12-18)17-8-9-21-20(13-17)23-19(22(14-27)25-21)10-11-26(23)24(28)15-4-2-5-15/h3,6-9,12-13,15,19,22-23,25,27H,2,4-5,10-11,14H2,1H3/t19-,22+,23-/m1/s1. The number of hydrogen-bond donors (Lipinski definition) is 2. The van der Waals surface area contributed by atoms with Crippen LogP contribution in [0.4, 0.5) is 5.69 Å². The van der Waals surface area contributed by atoms with Crippen LogP contribution in [0.1, 0.15) is 37.3 Å². The van der Waals surface area contributed by atoms with Gasteiger partial charge in [-0.1, -0.05) is 24.6 Å². The number of benzene rings is 2. The van der Waals surface area contributed by atoms with Gasteiger partial charge in [-0.05, 0) is 60.2 Å². The number of nitrogens with one attached hydrogen (secondary N) is 1. The number of rotatable bonds is 4. The summed E-state index contributed by atoms with van der Waals surface area (Å²) in [6.07, 6.45) is 4.14. The molecule has 3 atom stereocenters. The van der Waals surface area contributed by atoms with E-state index in [0.717, 1.165) is 54.8 Å². The zero-order chi connectivity index (χ0) is 20.0. The topological polar surface area (TPSA) is 61.8 Å². The van der Waals surface area contributed by atoms with E-state index in [0.29, 0.717) is 5.91 Å². The summed E-state index contributed by atoms with van der Waals surface area (Å²) >= 11 is 0. The Hall–Kier alpha value is -2.53. The predicted octanol–water partition coefficient (Wildman–Crippen LogP) is 3.84. The minimum absolute atomic E-state index is 0.00522. The molecule has 152 valence electrons. The van der Waals surface area contributed by atoms with Gasteiger partial charge in [-0.3, -0.25) is 4.79 Å². The predicted molar refractivity (Wildman–Crippen MR) is 113 cm³/mol. The third-order valence-corrected chi connectivity index (χ3v) is 7.01. The van der Waals surface area contributed by atoms with Crippen LogP contribution in [0.15, 0.2) is 42.5 Å². The van der Waals surface area contributed by atoms with Gasteiger partial charge in [0.1, 0.15) is 5.75 Å². The van der Waals surface area contributed by atoms with E-state index in [9.17, 15) is 9.90 Å². The second kappa shape index (κ2) is 7.38. The molecule has 5 heteroatoms. The highest BCUT2D eigenvalue weighted by atomic mass is 16.5. The van der Waals surface area contributed by atoms with Crippen LogP contribution >= 0.6 is 0 Å². The fraction of sp³-hybridized carbons (Fsp3) is 0.458. The normalized spacial score (nSPS) is 25.6. The van der Waals surface area contributed by atoms with E-state index in [-0.39, 0.29) is 30.5 Å². The van der Waals surface area contributed by atoms with Gasteiger partial charge in [0.05, 0.1) is 25.8 Å². The lowest BCUT2D eigenvalue weighted by atomic mass is 9.80. The molecule has 1 saturated heterocycles. The lowest BCUT2D eigenvalue weighted by molar-refractivity contribution is -0.139. The molecule has 5 nitrogen and oxygen atoms in total. The Morgan fingerprint density at radius 3 is 2.72 bits per heavy atom. The third kappa shape index (κ3) is 3.08. The molecule has 2 heterocycles. The van der Waals surface area contributed by atoms with Gasteiger partial charge in [0.15, 0.2) is 0 Å². The average Bonchev–Trinajstić information content (AvgIpc) is 3.17. The van der Waals surface area contributed by atoms with E-state index in [4.69, 9.17) is 4.74 Å². The van der Waals surface area contributed by atoms with Crippen LogP contribution in [0, 0.1) is 11.8 Å². The van der Waals surface area contributed by atoms with E-state index in [1.54, 1.807) is 7.11 Å². The Labute approximate surface area is 171 Å². The number of fused-ring (bicyclic) bond motifs is 3. The van der Waals surface area contributed by atoms with Gasteiger partial charge in [-0.25, -0.2) is 0 Å². The molecule has 0 aromatic heterocycles. The fourth-order valence-electron chi connectivity index (χ4n) is 5.18. The maximum Gasteiger partial charge on any atom is 0.226 e. The molecule has 0 unspecified atom stereocenters. The number of carbonyl (C=O) groups excluding carboxylic acids is 1. The molecular formula is C24H28N2O3. The molecule has 2 aromatic rings. The van der Waals surface area contributed by atoms with Crippen LogP contribution in [-0.2, 0) is 4.79 Å². The third-order valence-electron chi connectivity index (χ3n) is 7.01. The van der Waals surface area contributed by atoms with Crippen molar-refractivity contribution in [3.8, 4) is 16.9 Å². The van der Waals surface area contributed by atoms with E-state index >= 15 is 0 Å². The molecule has 0 radical (unpaired) electrons. The van der Waals surface area contributed by atoms with Gasteiger partial charge in [0.2, 0.25) is 5.91 Å². The summed E-state index contributed by atoms with van der Waals surface area (Å²) < 4.78 is 5.39. The van der Waals surface area contributed by atoms with Crippen molar-refractivity contribution in [2.24, 2.45) is 11.8 Å². The highest BCUT2D eigenvalue weighted by molar-refractivity contribution is 5.81. The number of carbonyl (C=O) groups is 1. The lowest BCUT2D eigenvalue weighted by Crippen LogP contribution is -2.45. The number of aliphatic hydroxyl groups excluding tert-OH is 1. The average molecular weight is 392 g/mol. The second-order valence-electron chi connectivity index (χ2n) is 8.52. The first-order chi connectivity index (χ1) is 14.2. The Morgan fingerprint density at radius 1 is 1.17 bits per heavy atom. The molecule has 2 fully saturated rings. The van der Waals surface area contributed by atoms with Crippen LogP contribution in [0.3, 0.4) is 0 Å². The van der Waals surface area contributed by atoms with Crippen molar-refractivity contribution in [2.75, 3.05) is 25.6 Å². The summed E-state index contributed by atoms with van der Waals surface area (Å²) in [5.74, 6) is 1.58. The van der Waals surface area contributed by atoms with Crippen molar-refractivity contribution in [3.63, 3.8) is 0 Å². The molecule has 0 bridgehead atoms. The van der Waals surface area contributed by atoms with Crippen molar-refractivity contribution in [2.45, 2.75) is 37.8 Å². The Bertz CT molecular complexity index is 924. The number of hydrogen-bond acceptors (Lipinski definition) is 4. The van der Waals surface area contributed by atoms with Gasteiger partial charge >= 0.3 is 0 Å². The van der Waals surface area contributed by atoms with Gasteiger partial charge in [-0.2, -0.15) is 0 Å². The van der Waals surface area contributed by atoms with Crippen molar-refractivity contribution in [3.05, 3.63) is 48.0 Å². The Morgan fingerprint density at radius 2 is 2.00 bits per heavy atom. The molecule has 2 aromatic carbocycles. The summed E-state index contributed by atoms with van der Waals surface area (Å²) in [7, 11) is 1.68. The van der Waals surface area contributed by atoms with Crippen LogP contribution in [0.5, 0.6) is 5.75 Å². The summed E-state index contributed by atoms with van der Waals surface area (Å²) in [5.41, 5.74) is 4.42. The van der Waals surface area contributed by atoms with Crippen molar-refractivity contribution in [1.29, 1.82) is 0 Å². The maximum absolute atomic E-state index is 13.2. The van der Waals surface area contributed by atoms with Gasteiger partial charge < -0.3 is 20.1 Å². The second-order valence-corrected chi connectivity index (χ2v) is 8.52. The number of methoxy groups -OCH3 is 1. The molecule has 2 N–H and O–H groups in total. The number of aliphatic hydroxyl groups is 1. The van der Waals surface area contributed by atoms with Crippen molar-refractivity contribution < 1.29 is 14.6 Å². The highest BCUT2D eigenvalue weighted by Gasteiger charge is 2.47. The molecule has 1 amide bonds.